The molecule has 0 atom stereocenters. The SMILES string of the molecule is O=C(Oc1ccccc1)c1ccccc1C1C=CCC=C1. The van der Waals surface area contributed by atoms with Gasteiger partial charge in [-0.2, -0.15) is 0 Å². The lowest BCUT2D eigenvalue weighted by Crippen LogP contribution is -2.12. The normalized spacial score (nSPS) is 14.1. The van der Waals surface area contributed by atoms with Crippen LogP contribution in [0.25, 0.3) is 0 Å². The van der Waals surface area contributed by atoms with Crippen LogP contribution < -0.4 is 4.74 Å². The van der Waals surface area contributed by atoms with Crippen molar-refractivity contribution in [3.05, 3.63) is 90.0 Å². The van der Waals surface area contributed by atoms with E-state index in [4.69, 9.17) is 4.74 Å². The van der Waals surface area contributed by atoms with Gasteiger partial charge in [-0.3, -0.25) is 0 Å². The summed E-state index contributed by atoms with van der Waals surface area (Å²) in [5, 5.41) is 0. The van der Waals surface area contributed by atoms with Crippen molar-refractivity contribution in [3.63, 3.8) is 0 Å². The summed E-state index contributed by atoms with van der Waals surface area (Å²) in [6.45, 7) is 0. The number of carbonyl (C=O) groups is 1. The predicted octanol–water partition coefficient (Wildman–Crippen LogP) is 4.51. The highest BCUT2D eigenvalue weighted by molar-refractivity contribution is 5.93. The molecular weight excluding hydrogens is 260 g/mol. The zero-order chi connectivity index (χ0) is 14.5. The lowest BCUT2D eigenvalue weighted by atomic mass is 9.91. The first kappa shape index (κ1) is 13.4. The van der Waals surface area contributed by atoms with Gasteiger partial charge in [0.25, 0.3) is 0 Å². The maximum Gasteiger partial charge on any atom is 0.343 e. The summed E-state index contributed by atoms with van der Waals surface area (Å²) in [6.07, 6.45) is 9.42. The van der Waals surface area contributed by atoms with Gasteiger partial charge >= 0.3 is 5.97 Å². The maximum atomic E-state index is 12.4. The highest BCUT2D eigenvalue weighted by Gasteiger charge is 2.17. The van der Waals surface area contributed by atoms with Crippen LogP contribution in [0.3, 0.4) is 0 Å². The van der Waals surface area contributed by atoms with Crippen molar-refractivity contribution < 1.29 is 9.53 Å². The van der Waals surface area contributed by atoms with E-state index in [1.807, 2.05) is 42.5 Å². The number of benzene rings is 2. The van der Waals surface area contributed by atoms with Gasteiger partial charge in [0, 0.05) is 5.92 Å². The molecule has 21 heavy (non-hydrogen) atoms. The summed E-state index contributed by atoms with van der Waals surface area (Å²) in [6, 6.07) is 16.8. The second kappa shape index (κ2) is 6.23. The van der Waals surface area contributed by atoms with Crippen LogP contribution in [-0.2, 0) is 0 Å². The van der Waals surface area contributed by atoms with E-state index in [9.17, 15) is 4.79 Å². The van der Waals surface area contributed by atoms with Crippen molar-refractivity contribution >= 4 is 5.97 Å². The molecule has 1 aliphatic carbocycles. The van der Waals surface area contributed by atoms with Crippen molar-refractivity contribution in [2.45, 2.75) is 12.3 Å². The van der Waals surface area contributed by atoms with Gasteiger partial charge < -0.3 is 4.74 Å². The van der Waals surface area contributed by atoms with Gasteiger partial charge in [-0.15, -0.1) is 0 Å². The van der Waals surface area contributed by atoms with Crippen molar-refractivity contribution in [1.82, 2.24) is 0 Å². The Morgan fingerprint density at radius 3 is 2.33 bits per heavy atom. The molecule has 0 amide bonds. The molecule has 0 N–H and O–H groups in total. The Balaban J connectivity index is 1.88. The van der Waals surface area contributed by atoms with Gasteiger partial charge in [0.2, 0.25) is 0 Å². The van der Waals surface area contributed by atoms with Crippen molar-refractivity contribution in [2.24, 2.45) is 0 Å². The number of hydrogen-bond acceptors (Lipinski definition) is 2. The third kappa shape index (κ3) is 3.11. The molecule has 0 bridgehead atoms. The fourth-order valence-corrected chi connectivity index (χ4v) is 2.42. The fourth-order valence-electron chi connectivity index (χ4n) is 2.42. The van der Waals surface area contributed by atoms with E-state index in [-0.39, 0.29) is 11.9 Å². The standard InChI is InChI=1S/C19H16O2/c20-19(21-16-11-5-2-6-12-16)18-14-8-7-13-17(18)15-9-3-1-4-10-15/h2-15H,1H2. The van der Waals surface area contributed by atoms with Crippen LogP contribution in [0.15, 0.2) is 78.9 Å². The minimum Gasteiger partial charge on any atom is -0.423 e. The molecule has 0 aliphatic heterocycles. The van der Waals surface area contributed by atoms with Gasteiger partial charge in [-0.1, -0.05) is 60.7 Å². The van der Waals surface area contributed by atoms with Gasteiger partial charge in [0.05, 0.1) is 5.56 Å². The molecule has 0 aromatic heterocycles. The number of rotatable bonds is 3. The topological polar surface area (TPSA) is 26.3 Å². The molecule has 0 radical (unpaired) electrons. The van der Waals surface area contributed by atoms with Crippen molar-refractivity contribution in [3.8, 4) is 5.75 Å². The molecule has 3 rings (SSSR count). The number of hydrogen-bond donors (Lipinski definition) is 0. The average molecular weight is 276 g/mol. The third-order valence-corrected chi connectivity index (χ3v) is 3.45. The predicted molar refractivity (Wildman–Crippen MR) is 83.5 cm³/mol. The molecule has 1 aliphatic rings. The first-order valence-corrected chi connectivity index (χ1v) is 7.04. The Morgan fingerprint density at radius 2 is 1.57 bits per heavy atom. The summed E-state index contributed by atoms with van der Waals surface area (Å²) < 4.78 is 5.44. The quantitative estimate of drug-likeness (QED) is 0.468. The largest absolute Gasteiger partial charge is 0.423 e. The van der Waals surface area contributed by atoms with Crippen molar-refractivity contribution in [2.75, 3.05) is 0 Å². The highest BCUT2D eigenvalue weighted by Crippen LogP contribution is 2.26. The third-order valence-electron chi connectivity index (χ3n) is 3.45. The van der Waals surface area contributed by atoms with E-state index < -0.39 is 0 Å². The number of para-hydroxylation sites is 1. The summed E-state index contributed by atoms with van der Waals surface area (Å²) in [4.78, 5) is 12.4. The molecule has 104 valence electrons. The zero-order valence-electron chi connectivity index (χ0n) is 11.6. The number of allylic oxidation sites excluding steroid dienone is 4. The molecule has 0 unspecified atom stereocenters. The van der Waals surface area contributed by atoms with Crippen LogP contribution in [0, 0.1) is 0 Å². The molecule has 2 aromatic rings. The summed E-state index contributed by atoms with van der Waals surface area (Å²) in [7, 11) is 0. The van der Waals surface area contributed by atoms with Crippen molar-refractivity contribution in [1.29, 1.82) is 0 Å². The van der Waals surface area contributed by atoms with E-state index in [0.717, 1.165) is 12.0 Å². The number of ether oxygens (including phenoxy) is 1. The number of esters is 1. The Labute approximate surface area is 124 Å². The molecule has 0 heterocycles. The Morgan fingerprint density at radius 1 is 0.905 bits per heavy atom. The van der Waals surface area contributed by atoms with E-state index in [2.05, 4.69) is 24.3 Å². The van der Waals surface area contributed by atoms with Crippen LogP contribution in [0.2, 0.25) is 0 Å². The first-order valence-electron chi connectivity index (χ1n) is 7.04. The Hall–Kier alpha value is -2.61. The zero-order valence-corrected chi connectivity index (χ0v) is 11.6. The van der Waals surface area contributed by atoms with Crippen LogP contribution in [0.4, 0.5) is 0 Å². The Kier molecular flexibility index (Phi) is 3.97. The monoisotopic (exact) mass is 276 g/mol. The fraction of sp³-hybridized carbons (Fsp3) is 0.105. The molecule has 2 heteroatoms. The molecule has 0 saturated heterocycles. The van der Waals surface area contributed by atoms with Gasteiger partial charge in [-0.25, -0.2) is 4.79 Å². The summed E-state index contributed by atoms with van der Waals surface area (Å²) >= 11 is 0. The van der Waals surface area contributed by atoms with Gasteiger partial charge in [0.1, 0.15) is 5.75 Å². The smallest absolute Gasteiger partial charge is 0.343 e. The first-order chi connectivity index (χ1) is 10.3. The summed E-state index contributed by atoms with van der Waals surface area (Å²) in [5.41, 5.74) is 1.59. The van der Waals surface area contributed by atoms with Gasteiger partial charge in [0.15, 0.2) is 0 Å². The molecule has 0 fully saturated rings. The van der Waals surface area contributed by atoms with Crippen LogP contribution >= 0.6 is 0 Å². The van der Waals surface area contributed by atoms with E-state index >= 15 is 0 Å². The second-order valence-corrected chi connectivity index (χ2v) is 4.91. The molecule has 0 saturated carbocycles. The van der Waals surface area contributed by atoms with Crippen LogP contribution in [-0.4, -0.2) is 5.97 Å². The average Bonchev–Trinajstić information content (AvgIpc) is 2.56. The Bertz CT molecular complexity index is 672. The molecular formula is C19H16O2. The maximum absolute atomic E-state index is 12.4. The molecule has 2 aromatic carbocycles. The summed E-state index contributed by atoms with van der Waals surface area (Å²) in [5.74, 6) is 0.384. The minimum atomic E-state index is -0.316. The lowest BCUT2D eigenvalue weighted by Gasteiger charge is -2.15. The minimum absolute atomic E-state index is 0.137. The van der Waals surface area contributed by atoms with E-state index in [0.29, 0.717) is 11.3 Å². The number of carbonyl (C=O) groups excluding carboxylic acids is 1. The lowest BCUT2D eigenvalue weighted by molar-refractivity contribution is 0.0733. The molecule has 0 spiro atoms. The second-order valence-electron chi connectivity index (χ2n) is 4.91. The van der Waals surface area contributed by atoms with Crippen LogP contribution in [0.1, 0.15) is 28.3 Å². The van der Waals surface area contributed by atoms with Gasteiger partial charge in [-0.05, 0) is 30.2 Å². The van der Waals surface area contributed by atoms with Crippen LogP contribution in [0.5, 0.6) is 5.75 Å². The van der Waals surface area contributed by atoms with E-state index in [1.54, 1.807) is 12.1 Å². The highest BCUT2D eigenvalue weighted by atomic mass is 16.5. The molecule has 2 nitrogen and oxygen atoms in total. The van der Waals surface area contributed by atoms with E-state index in [1.165, 1.54) is 0 Å².